The van der Waals surface area contributed by atoms with Crippen LogP contribution < -0.4 is 4.90 Å². The molecule has 3 heterocycles. The fourth-order valence-corrected chi connectivity index (χ4v) is 4.12. The molecule has 2 aliphatic rings. The molecular formula is C22H36N4O2. The van der Waals surface area contributed by atoms with Crippen LogP contribution in [0, 0.1) is 5.92 Å². The van der Waals surface area contributed by atoms with Gasteiger partial charge in [0.2, 0.25) is 0 Å². The van der Waals surface area contributed by atoms with E-state index in [9.17, 15) is 4.79 Å². The topological polar surface area (TPSA) is 48.9 Å². The van der Waals surface area contributed by atoms with Gasteiger partial charge in [0.05, 0.1) is 0 Å². The van der Waals surface area contributed by atoms with Crippen molar-refractivity contribution in [3.05, 3.63) is 23.9 Å². The number of rotatable bonds is 4. The largest absolute Gasteiger partial charge is 0.444 e. The quantitative estimate of drug-likeness (QED) is 0.782. The summed E-state index contributed by atoms with van der Waals surface area (Å²) in [6.45, 7) is 15.5. The van der Waals surface area contributed by atoms with Crippen molar-refractivity contribution < 1.29 is 9.53 Å². The lowest BCUT2D eigenvalue weighted by atomic mass is 10.1. The Labute approximate surface area is 169 Å². The Morgan fingerprint density at radius 1 is 1.18 bits per heavy atom. The van der Waals surface area contributed by atoms with Crippen LogP contribution in [-0.2, 0) is 4.74 Å². The summed E-state index contributed by atoms with van der Waals surface area (Å²) >= 11 is 0. The Morgan fingerprint density at radius 2 is 1.89 bits per heavy atom. The molecule has 6 nitrogen and oxygen atoms in total. The van der Waals surface area contributed by atoms with Gasteiger partial charge >= 0.3 is 6.09 Å². The molecule has 3 rings (SSSR count). The van der Waals surface area contributed by atoms with Crippen molar-refractivity contribution in [2.24, 2.45) is 5.92 Å². The zero-order valence-electron chi connectivity index (χ0n) is 18.1. The van der Waals surface area contributed by atoms with Gasteiger partial charge in [0.15, 0.2) is 0 Å². The van der Waals surface area contributed by atoms with E-state index in [2.05, 4.69) is 42.0 Å². The van der Waals surface area contributed by atoms with Gasteiger partial charge < -0.3 is 14.5 Å². The first kappa shape index (κ1) is 20.9. The molecule has 1 aromatic heterocycles. The van der Waals surface area contributed by atoms with Crippen molar-refractivity contribution in [2.45, 2.75) is 59.1 Å². The van der Waals surface area contributed by atoms with Crippen molar-refractivity contribution >= 4 is 11.9 Å². The lowest BCUT2D eigenvalue weighted by Crippen LogP contribution is -2.50. The van der Waals surface area contributed by atoms with E-state index in [1.807, 2.05) is 20.8 Å². The third-order valence-corrected chi connectivity index (χ3v) is 5.37. The number of carbonyl (C=O) groups excluding carboxylic acids is 1. The summed E-state index contributed by atoms with van der Waals surface area (Å²) < 4.78 is 5.48. The predicted octanol–water partition coefficient (Wildman–Crippen LogP) is 3.93. The second kappa shape index (κ2) is 8.68. The molecule has 1 amide bonds. The average molecular weight is 389 g/mol. The lowest BCUT2D eigenvalue weighted by molar-refractivity contribution is 0.0240. The molecule has 0 unspecified atom stereocenters. The number of piperazine rings is 1. The third kappa shape index (κ3) is 5.37. The third-order valence-electron chi connectivity index (χ3n) is 5.37. The van der Waals surface area contributed by atoms with E-state index < -0.39 is 5.60 Å². The number of hydrogen-bond donors (Lipinski definition) is 0. The molecule has 28 heavy (non-hydrogen) atoms. The molecule has 1 aromatic rings. The number of nitrogens with zero attached hydrogens (tertiary/aromatic N) is 4. The predicted molar refractivity (Wildman–Crippen MR) is 113 cm³/mol. The van der Waals surface area contributed by atoms with Crippen LogP contribution in [-0.4, -0.2) is 65.7 Å². The molecule has 0 saturated carbocycles. The normalized spacial score (nSPS) is 21.4. The zero-order chi connectivity index (χ0) is 20.3. The summed E-state index contributed by atoms with van der Waals surface area (Å²) in [6.07, 6.45) is 4.33. The number of pyridine rings is 1. The summed E-state index contributed by atoms with van der Waals surface area (Å²) in [5.74, 6) is 1.69. The molecule has 0 bridgehead atoms. The van der Waals surface area contributed by atoms with Crippen LogP contribution in [0.15, 0.2) is 18.3 Å². The van der Waals surface area contributed by atoms with Crippen LogP contribution in [0.25, 0.3) is 0 Å². The summed E-state index contributed by atoms with van der Waals surface area (Å²) in [5.41, 5.74) is 0.879. The van der Waals surface area contributed by atoms with Gasteiger partial charge in [0.25, 0.3) is 0 Å². The fraction of sp³-hybridized carbons (Fsp3) is 0.727. The maximum absolute atomic E-state index is 12.2. The number of ether oxygens (including phenoxy) is 1. The van der Waals surface area contributed by atoms with E-state index in [4.69, 9.17) is 9.72 Å². The van der Waals surface area contributed by atoms with Crippen LogP contribution in [0.2, 0.25) is 0 Å². The maximum Gasteiger partial charge on any atom is 0.410 e. The van der Waals surface area contributed by atoms with Gasteiger partial charge in [-0.05, 0) is 57.7 Å². The van der Waals surface area contributed by atoms with Gasteiger partial charge in [-0.15, -0.1) is 0 Å². The smallest absolute Gasteiger partial charge is 0.410 e. The van der Waals surface area contributed by atoms with E-state index in [1.165, 1.54) is 24.9 Å². The van der Waals surface area contributed by atoms with Gasteiger partial charge in [0, 0.05) is 45.0 Å². The molecule has 156 valence electrons. The first-order chi connectivity index (χ1) is 13.2. The number of aromatic nitrogens is 1. The van der Waals surface area contributed by atoms with E-state index in [0.29, 0.717) is 25.0 Å². The molecule has 6 heteroatoms. The van der Waals surface area contributed by atoms with Crippen molar-refractivity contribution in [1.82, 2.24) is 14.8 Å². The van der Waals surface area contributed by atoms with E-state index in [-0.39, 0.29) is 6.09 Å². The monoisotopic (exact) mass is 388 g/mol. The highest BCUT2D eigenvalue weighted by Gasteiger charge is 2.28. The Kier molecular flexibility index (Phi) is 6.48. The van der Waals surface area contributed by atoms with E-state index in [0.717, 1.165) is 25.5 Å². The number of likely N-dealkylation sites (tertiary alicyclic amines) is 1. The van der Waals surface area contributed by atoms with Crippen molar-refractivity contribution in [1.29, 1.82) is 0 Å². The SMILES string of the molecule is CC(C)CN1CCC[C@@H]1c1ccc(N2CCN(C(=O)OC(C)(C)C)CC2)nc1. The molecule has 2 saturated heterocycles. The minimum atomic E-state index is -0.449. The van der Waals surface area contributed by atoms with Crippen molar-refractivity contribution in [3.8, 4) is 0 Å². The Balaban J connectivity index is 1.56. The minimum absolute atomic E-state index is 0.220. The molecule has 0 spiro atoms. The molecule has 1 atom stereocenters. The van der Waals surface area contributed by atoms with Crippen LogP contribution in [0.4, 0.5) is 10.6 Å². The number of amides is 1. The molecular weight excluding hydrogens is 352 g/mol. The van der Waals surface area contributed by atoms with Crippen molar-refractivity contribution in [3.63, 3.8) is 0 Å². The van der Waals surface area contributed by atoms with Gasteiger partial charge in [-0.25, -0.2) is 9.78 Å². The summed E-state index contributed by atoms with van der Waals surface area (Å²) in [5, 5.41) is 0. The Hall–Kier alpha value is -1.82. The number of carbonyl (C=O) groups is 1. The van der Waals surface area contributed by atoms with Gasteiger partial charge in [-0.3, -0.25) is 4.90 Å². The average Bonchev–Trinajstić information content (AvgIpc) is 3.08. The highest BCUT2D eigenvalue weighted by molar-refractivity contribution is 5.68. The summed E-state index contributed by atoms with van der Waals surface area (Å²) in [4.78, 5) is 23.6. The molecule has 0 N–H and O–H groups in total. The minimum Gasteiger partial charge on any atom is -0.444 e. The Bertz CT molecular complexity index is 645. The summed E-state index contributed by atoms with van der Waals surface area (Å²) in [6, 6.07) is 4.89. The van der Waals surface area contributed by atoms with Gasteiger partial charge in [-0.2, -0.15) is 0 Å². The molecule has 2 fully saturated rings. The highest BCUT2D eigenvalue weighted by atomic mass is 16.6. The van der Waals surface area contributed by atoms with Crippen LogP contribution >= 0.6 is 0 Å². The van der Waals surface area contributed by atoms with Crippen LogP contribution in [0.5, 0.6) is 0 Å². The molecule has 0 radical (unpaired) electrons. The Morgan fingerprint density at radius 3 is 2.46 bits per heavy atom. The van der Waals surface area contributed by atoms with E-state index >= 15 is 0 Å². The first-order valence-corrected chi connectivity index (χ1v) is 10.7. The van der Waals surface area contributed by atoms with Crippen LogP contribution in [0.1, 0.15) is 59.1 Å². The second-order valence-corrected chi connectivity index (χ2v) is 9.45. The van der Waals surface area contributed by atoms with Crippen molar-refractivity contribution in [2.75, 3.05) is 44.2 Å². The molecule has 0 aliphatic carbocycles. The zero-order valence-corrected chi connectivity index (χ0v) is 18.1. The summed E-state index contributed by atoms with van der Waals surface area (Å²) in [7, 11) is 0. The highest BCUT2D eigenvalue weighted by Crippen LogP contribution is 2.32. The standard InChI is InChI=1S/C22H36N4O2/c1-17(2)16-26-10-6-7-19(26)18-8-9-20(23-15-18)24-11-13-25(14-12-24)21(27)28-22(3,4)5/h8-9,15,17,19H,6-7,10-14,16H2,1-5H3/t19-/m1/s1. The van der Waals surface area contributed by atoms with Gasteiger partial charge in [-0.1, -0.05) is 19.9 Å². The van der Waals surface area contributed by atoms with Crippen LogP contribution in [0.3, 0.4) is 0 Å². The fourth-order valence-electron chi connectivity index (χ4n) is 4.12. The molecule has 2 aliphatic heterocycles. The number of anilines is 1. The second-order valence-electron chi connectivity index (χ2n) is 9.45. The van der Waals surface area contributed by atoms with Gasteiger partial charge in [0.1, 0.15) is 11.4 Å². The first-order valence-electron chi connectivity index (χ1n) is 10.7. The number of hydrogen-bond acceptors (Lipinski definition) is 5. The molecule has 0 aromatic carbocycles. The lowest BCUT2D eigenvalue weighted by Gasteiger charge is -2.36. The van der Waals surface area contributed by atoms with E-state index in [1.54, 1.807) is 4.90 Å². The maximum atomic E-state index is 12.2.